The molecule has 0 aliphatic rings. The summed E-state index contributed by atoms with van der Waals surface area (Å²) in [7, 11) is 0. The summed E-state index contributed by atoms with van der Waals surface area (Å²) in [6, 6.07) is 4.58. The van der Waals surface area contributed by atoms with Crippen molar-refractivity contribution in [3.8, 4) is 5.75 Å². The van der Waals surface area contributed by atoms with Gasteiger partial charge in [0.2, 0.25) is 0 Å². The molecule has 0 spiro atoms. The van der Waals surface area contributed by atoms with Gasteiger partial charge in [-0.05, 0) is 18.2 Å². The molecule has 1 aromatic rings. The quantitative estimate of drug-likeness (QED) is 0.804. The van der Waals surface area contributed by atoms with E-state index in [0.29, 0.717) is 15.8 Å². The maximum atomic E-state index is 10.2. The van der Waals surface area contributed by atoms with Crippen molar-refractivity contribution in [1.82, 2.24) is 0 Å². The molecule has 6 heteroatoms. The SMILES string of the molecule is O=C(O)COc1ccc(Cl)cc1Cl.[LiH]. The van der Waals surface area contributed by atoms with Gasteiger partial charge in [0.1, 0.15) is 5.75 Å². The van der Waals surface area contributed by atoms with Gasteiger partial charge in [-0.15, -0.1) is 0 Å². The Labute approximate surface area is 103 Å². The molecule has 0 amide bonds. The number of hydrogen-bond donors (Lipinski definition) is 1. The first-order valence-electron chi connectivity index (χ1n) is 3.39. The number of carboxylic acids is 1. The molecule has 0 saturated carbocycles. The number of hydrogen-bond acceptors (Lipinski definition) is 2. The molecule has 1 N–H and O–H groups in total. The predicted molar refractivity (Wildman–Crippen MR) is 56.7 cm³/mol. The monoisotopic (exact) mass is 228 g/mol. The second-order valence-corrected chi connectivity index (χ2v) is 3.10. The zero-order valence-electron chi connectivity index (χ0n) is 6.46. The third-order valence-electron chi connectivity index (χ3n) is 1.25. The molecule has 72 valence electrons. The van der Waals surface area contributed by atoms with Gasteiger partial charge in [-0.3, -0.25) is 0 Å². The normalized spacial score (nSPS) is 9.00. The standard InChI is InChI=1S/C8H6Cl2O3.Li.H/c9-5-1-2-7(6(10)3-5)13-4-8(11)12;;/h1-3H,4H2,(H,11,12);;. The van der Waals surface area contributed by atoms with E-state index in [2.05, 4.69) is 0 Å². The summed E-state index contributed by atoms with van der Waals surface area (Å²) >= 11 is 11.3. The Morgan fingerprint density at radius 1 is 1.43 bits per heavy atom. The van der Waals surface area contributed by atoms with Crippen molar-refractivity contribution in [2.45, 2.75) is 0 Å². The van der Waals surface area contributed by atoms with E-state index in [-0.39, 0.29) is 18.9 Å². The van der Waals surface area contributed by atoms with Crippen LogP contribution in [0.4, 0.5) is 0 Å². The van der Waals surface area contributed by atoms with Crippen LogP contribution in [0.25, 0.3) is 0 Å². The Morgan fingerprint density at radius 3 is 2.57 bits per heavy atom. The Kier molecular flexibility index (Phi) is 6.06. The van der Waals surface area contributed by atoms with E-state index in [4.69, 9.17) is 33.0 Å². The van der Waals surface area contributed by atoms with Gasteiger partial charge in [-0.2, -0.15) is 0 Å². The van der Waals surface area contributed by atoms with Gasteiger partial charge in [-0.25, -0.2) is 4.79 Å². The molecule has 0 heterocycles. The average molecular weight is 229 g/mol. The summed E-state index contributed by atoms with van der Waals surface area (Å²) in [5, 5.41) is 9.11. The summed E-state index contributed by atoms with van der Waals surface area (Å²) in [6.07, 6.45) is 0. The molecule has 0 radical (unpaired) electrons. The average Bonchev–Trinajstić information content (AvgIpc) is 2.02. The summed E-state index contributed by atoms with van der Waals surface area (Å²) in [5.41, 5.74) is 0. The molecule has 0 saturated heterocycles. The minimum atomic E-state index is -1.05. The van der Waals surface area contributed by atoms with Crippen LogP contribution in [0.2, 0.25) is 10.0 Å². The zero-order chi connectivity index (χ0) is 9.84. The van der Waals surface area contributed by atoms with Crippen LogP contribution >= 0.6 is 23.2 Å². The van der Waals surface area contributed by atoms with Gasteiger partial charge in [0, 0.05) is 5.02 Å². The van der Waals surface area contributed by atoms with Crippen LogP contribution in [0.3, 0.4) is 0 Å². The zero-order valence-corrected chi connectivity index (χ0v) is 7.97. The molecular formula is C8H7Cl2LiO3. The van der Waals surface area contributed by atoms with Crippen molar-refractivity contribution in [2.75, 3.05) is 6.61 Å². The van der Waals surface area contributed by atoms with Crippen LogP contribution in [0.15, 0.2) is 18.2 Å². The third-order valence-corrected chi connectivity index (χ3v) is 1.78. The second-order valence-electron chi connectivity index (χ2n) is 2.26. The van der Waals surface area contributed by atoms with Crippen LogP contribution < -0.4 is 4.74 Å². The predicted octanol–water partition coefficient (Wildman–Crippen LogP) is 1.81. The first-order valence-corrected chi connectivity index (χ1v) is 4.15. The maximum absolute atomic E-state index is 10.2. The number of ether oxygens (including phenoxy) is 1. The summed E-state index contributed by atoms with van der Waals surface area (Å²) < 4.78 is 4.86. The van der Waals surface area contributed by atoms with Crippen LogP contribution in [0, 0.1) is 0 Å². The van der Waals surface area contributed by atoms with Crippen LogP contribution in [0.1, 0.15) is 0 Å². The number of carboxylic acid groups (broad SMARTS) is 1. The van der Waals surface area contributed by atoms with Crippen LogP contribution in [0.5, 0.6) is 5.75 Å². The Bertz CT molecular complexity index is 330. The van der Waals surface area contributed by atoms with Crippen molar-refractivity contribution in [2.24, 2.45) is 0 Å². The third kappa shape index (κ3) is 4.25. The van der Waals surface area contributed by atoms with Crippen molar-refractivity contribution in [3.05, 3.63) is 28.2 Å². The number of carbonyl (C=O) groups is 1. The molecule has 0 aromatic heterocycles. The minimum absolute atomic E-state index is 0. The Morgan fingerprint density at radius 2 is 2.07 bits per heavy atom. The fourth-order valence-electron chi connectivity index (χ4n) is 0.732. The van der Waals surface area contributed by atoms with Crippen LogP contribution in [-0.2, 0) is 4.79 Å². The summed E-state index contributed by atoms with van der Waals surface area (Å²) in [4.78, 5) is 10.2. The number of aliphatic carboxylic acids is 1. The molecular weight excluding hydrogens is 222 g/mol. The second kappa shape index (κ2) is 6.21. The van der Waals surface area contributed by atoms with Gasteiger partial charge in [-0.1, -0.05) is 23.2 Å². The molecule has 0 fully saturated rings. The van der Waals surface area contributed by atoms with Gasteiger partial charge < -0.3 is 9.84 Å². The van der Waals surface area contributed by atoms with Crippen molar-refractivity contribution in [1.29, 1.82) is 0 Å². The van der Waals surface area contributed by atoms with Gasteiger partial charge in [0.15, 0.2) is 6.61 Å². The molecule has 14 heavy (non-hydrogen) atoms. The van der Waals surface area contributed by atoms with Crippen molar-refractivity contribution < 1.29 is 14.6 Å². The van der Waals surface area contributed by atoms with Gasteiger partial charge in [0.05, 0.1) is 5.02 Å². The van der Waals surface area contributed by atoms with E-state index in [1.54, 1.807) is 6.07 Å². The van der Waals surface area contributed by atoms with Crippen molar-refractivity contribution in [3.63, 3.8) is 0 Å². The fraction of sp³-hybridized carbons (Fsp3) is 0.125. The van der Waals surface area contributed by atoms with Crippen molar-refractivity contribution >= 4 is 48.0 Å². The first-order chi connectivity index (χ1) is 6.09. The number of rotatable bonds is 3. The molecule has 1 rings (SSSR count). The number of halogens is 2. The summed E-state index contributed by atoms with van der Waals surface area (Å²) in [6.45, 7) is -0.415. The van der Waals surface area contributed by atoms with E-state index < -0.39 is 12.6 Å². The Hall–Kier alpha value is -0.333. The van der Waals surface area contributed by atoms with E-state index >= 15 is 0 Å². The topological polar surface area (TPSA) is 46.5 Å². The summed E-state index contributed by atoms with van der Waals surface area (Å²) in [5.74, 6) is -0.737. The molecule has 0 bridgehead atoms. The van der Waals surface area contributed by atoms with Gasteiger partial charge in [0.25, 0.3) is 0 Å². The van der Waals surface area contributed by atoms with Crippen LogP contribution in [-0.4, -0.2) is 36.5 Å². The van der Waals surface area contributed by atoms with E-state index in [1.165, 1.54) is 12.1 Å². The molecule has 0 aliphatic heterocycles. The van der Waals surface area contributed by atoms with Gasteiger partial charge >= 0.3 is 24.8 Å². The van der Waals surface area contributed by atoms with E-state index in [0.717, 1.165) is 0 Å². The van der Waals surface area contributed by atoms with E-state index in [1.807, 2.05) is 0 Å². The first kappa shape index (κ1) is 13.7. The fourth-order valence-corrected chi connectivity index (χ4v) is 1.19. The molecule has 0 atom stereocenters. The number of benzene rings is 1. The van der Waals surface area contributed by atoms with E-state index in [9.17, 15) is 4.79 Å². The molecule has 3 nitrogen and oxygen atoms in total. The molecule has 1 aromatic carbocycles. The molecule has 0 aliphatic carbocycles. The molecule has 0 unspecified atom stereocenters. The Balaban J connectivity index is 0.00000169.